The standard InChI is InChI=1S/C12H12FNO2S/c13-11-3-1-10(2-4-11)7-12(8-14)5-6-17(15,16)9-12/h1-4H,5-7,9H2. The molecule has 90 valence electrons. The van der Waals surface area contributed by atoms with Gasteiger partial charge >= 0.3 is 0 Å². The largest absolute Gasteiger partial charge is 0.229 e. The molecular weight excluding hydrogens is 241 g/mol. The maximum absolute atomic E-state index is 12.7. The highest BCUT2D eigenvalue weighted by atomic mass is 32.2. The Labute approximate surface area is 99.8 Å². The van der Waals surface area contributed by atoms with Gasteiger partial charge in [0.2, 0.25) is 0 Å². The minimum Gasteiger partial charge on any atom is -0.229 e. The summed E-state index contributed by atoms with van der Waals surface area (Å²) < 4.78 is 35.6. The Morgan fingerprint density at radius 3 is 2.47 bits per heavy atom. The average Bonchev–Trinajstić information content (AvgIpc) is 2.59. The van der Waals surface area contributed by atoms with Gasteiger partial charge in [-0.15, -0.1) is 0 Å². The van der Waals surface area contributed by atoms with Crippen LogP contribution in [-0.2, 0) is 16.3 Å². The summed E-state index contributed by atoms with van der Waals surface area (Å²) in [5.74, 6) is -0.353. The van der Waals surface area contributed by atoms with Crippen LogP contribution in [0, 0.1) is 22.6 Å². The van der Waals surface area contributed by atoms with Gasteiger partial charge < -0.3 is 0 Å². The Bertz CT molecular complexity index is 559. The summed E-state index contributed by atoms with van der Waals surface area (Å²) in [6, 6.07) is 7.96. The Morgan fingerprint density at radius 1 is 1.35 bits per heavy atom. The van der Waals surface area contributed by atoms with Gasteiger partial charge in [0.1, 0.15) is 5.82 Å². The van der Waals surface area contributed by atoms with Gasteiger partial charge in [0.25, 0.3) is 0 Å². The van der Waals surface area contributed by atoms with Crippen LogP contribution in [0.15, 0.2) is 24.3 Å². The third-order valence-electron chi connectivity index (χ3n) is 3.08. The van der Waals surface area contributed by atoms with Gasteiger partial charge in [0, 0.05) is 0 Å². The topological polar surface area (TPSA) is 57.9 Å². The number of rotatable bonds is 2. The Hall–Kier alpha value is -1.41. The lowest BCUT2D eigenvalue weighted by atomic mass is 9.83. The molecule has 1 aromatic rings. The SMILES string of the molecule is N#CC1(Cc2ccc(F)cc2)CCS(=O)(=O)C1. The smallest absolute Gasteiger partial charge is 0.151 e. The molecule has 1 fully saturated rings. The molecule has 1 heterocycles. The molecular formula is C12H12FNO2S. The third kappa shape index (κ3) is 2.64. The second-order valence-corrected chi connectivity index (χ2v) is 6.72. The fourth-order valence-electron chi connectivity index (χ4n) is 2.18. The summed E-state index contributed by atoms with van der Waals surface area (Å²) in [5, 5.41) is 9.18. The molecule has 1 aromatic carbocycles. The van der Waals surface area contributed by atoms with Crippen LogP contribution < -0.4 is 0 Å². The van der Waals surface area contributed by atoms with E-state index in [4.69, 9.17) is 0 Å². The van der Waals surface area contributed by atoms with E-state index in [1.54, 1.807) is 12.1 Å². The highest BCUT2D eigenvalue weighted by Crippen LogP contribution is 2.35. The number of sulfone groups is 1. The van der Waals surface area contributed by atoms with Gasteiger partial charge in [0.05, 0.1) is 23.0 Å². The zero-order chi connectivity index (χ0) is 12.5. The summed E-state index contributed by atoms with van der Waals surface area (Å²) in [5.41, 5.74) is -0.0403. The lowest BCUT2D eigenvalue weighted by molar-refractivity contribution is 0.450. The van der Waals surface area contributed by atoms with Crippen molar-refractivity contribution in [1.29, 1.82) is 5.26 Å². The number of hydrogen-bond donors (Lipinski definition) is 0. The molecule has 5 heteroatoms. The maximum Gasteiger partial charge on any atom is 0.151 e. The summed E-state index contributed by atoms with van der Waals surface area (Å²) in [7, 11) is -3.09. The average molecular weight is 253 g/mol. The molecule has 1 saturated heterocycles. The number of nitriles is 1. The van der Waals surface area contributed by atoms with Gasteiger partial charge in [-0.25, -0.2) is 12.8 Å². The van der Waals surface area contributed by atoms with Crippen molar-refractivity contribution in [3.63, 3.8) is 0 Å². The predicted molar refractivity (Wildman–Crippen MR) is 61.4 cm³/mol. The van der Waals surface area contributed by atoms with Gasteiger partial charge in [-0.3, -0.25) is 0 Å². The van der Waals surface area contributed by atoms with E-state index in [9.17, 15) is 18.1 Å². The van der Waals surface area contributed by atoms with Crippen molar-refractivity contribution >= 4 is 9.84 Å². The Kier molecular flexibility index (Phi) is 2.92. The van der Waals surface area contributed by atoms with Gasteiger partial charge in [-0.2, -0.15) is 5.26 Å². The van der Waals surface area contributed by atoms with Crippen molar-refractivity contribution in [3.8, 4) is 6.07 Å². The second-order valence-electron chi connectivity index (χ2n) is 4.54. The van der Waals surface area contributed by atoms with E-state index in [0.29, 0.717) is 12.8 Å². The zero-order valence-electron chi connectivity index (χ0n) is 9.19. The van der Waals surface area contributed by atoms with Gasteiger partial charge in [-0.1, -0.05) is 12.1 Å². The van der Waals surface area contributed by atoms with Crippen LogP contribution in [0.25, 0.3) is 0 Å². The number of nitrogens with zero attached hydrogens (tertiary/aromatic N) is 1. The zero-order valence-corrected chi connectivity index (χ0v) is 10.0. The third-order valence-corrected chi connectivity index (χ3v) is 4.90. The molecule has 0 N–H and O–H groups in total. The first-order chi connectivity index (χ1) is 7.95. The minimum absolute atomic E-state index is 0.0712. The molecule has 0 aliphatic carbocycles. The molecule has 0 spiro atoms. The van der Waals surface area contributed by atoms with E-state index in [0.717, 1.165) is 5.56 Å². The van der Waals surface area contributed by atoms with Crippen LogP contribution >= 0.6 is 0 Å². The fraction of sp³-hybridized carbons (Fsp3) is 0.417. The van der Waals surface area contributed by atoms with Crippen molar-refractivity contribution < 1.29 is 12.8 Å². The van der Waals surface area contributed by atoms with Gasteiger partial charge in [-0.05, 0) is 30.5 Å². The summed E-state index contributed by atoms with van der Waals surface area (Å²) in [6.07, 6.45) is 0.728. The van der Waals surface area contributed by atoms with Crippen molar-refractivity contribution in [3.05, 3.63) is 35.6 Å². The quantitative estimate of drug-likeness (QED) is 0.806. The number of benzene rings is 1. The van der Waals surface area contributed by atoms with Crippen LogP contribution in [0.3, 0.4) is 0 Å². The molecule has 0 aromatic heterocycles. The van der Waals surface area contributed by atoms with Crippen molar-refractivity contribution in [2.24, 2.45) is 5.41 Å². The number of halogens is 1. The van der Waals surface area contributed by atoms with Crippen LogP contribution in [-0.4, -0.2) is 19.9 Å². The summed E-state index contributed by atoms with van der Waals surface area (Å²) in [6.45, 7) is 0. The van der Waals surface area contributed by atoms with Crippen molar-refractivity contribution in [2.75, 3.05) is 11.5 Å². The molecule has 3 nitrogen and oxygen atoms in total. The summed E-state index contributed by atoms with van der Waals surface area (Å²) >= 11 is 0. The Balaban J connectivity index is 2.22. The first-order valence-electron chi connectivity index (χ1n) is 5.31. The first kappa shape index (κ1) is 12.1. The Morgan fingerprint density at radius 2 is 2.00 bits per heavy atom. The second kappa shape index (κ2) is 4.11. The normalized spacial score (nSPS) is 26.6. The monoisotopic (exact) mass is 253 g/mol. The lowest BCUT2D eigenvalue weighted by Gasteiger charge is -2.18. The molecule has 0 radical (unpaired) electrons. The van der Waals surface area contributed by atoms with E-state index in [2.05, 4.69) is 6.07 Å². The molecule has 1 atom stereocenters. The van der Waals surface area contributed by atoms with Crippen LogP contribution in [0.4, 0.5) is 4.39 Å². The molecule has 0 amide bonds. The van der Waals surface area contributed by atoms with E-state index in [1.807, 2.05) is 0 Å². The summed E-state index contributed by atoms with van der Waals surface area (Å²) in [4.78, 5) is 0. The van der Waals surface area contributed by atoms with E-state index in [1.165, 1.54) is 12.1 Å². The van der Waals surface area contributed by atoms with E-state index < -0.39 is 15.3 Å². The van der Waals surface area contributed by atoms with Crippen LogP contribution in [0.1, 0.15) is 12.0 Å². The molecule has 2 rings (SSSR count). The first-order valence-corrected chi connectivity index (χ1v) is 7.13. The predicted octanol–water partition coefficient (Wildman–Crippen LogP) is 1.70. The van der Waals surface area contributed by atoms with E-state index in [-0.39, 0.29) is 17.3 Å². The molecule has 1 unspecified atom stereocenters. The maximum atomic E-state index is 12.7. The van der Waals surface area contributed by atoms with Crippen molar-refractivity contribution in [2.45, 2.75) is 12.8 Å². The van der Waals surface area contributed by atoms with Crippen molar-refractivity contribution in [1.82, 2.24) is 0 Å². The molecule has 1 aliphatic rings. The highest BCUT2D eigenvalue weighted by Gasteiger charge is 2.42. The van der Waals surface area contributed by atoms with E-state index >= 15 is 0 Å². The number of hydrogen-bond acceptors (Lipinski definition) is 3. The van der Waals surface area contributed by atoms with Gasteiger partial charge in [0.15, 0.2) is 9.84 Å². The molecule has 1 aliphatic heterocycles. The lowest BCUT2D eigenvalue weighted by Crippen LogP contribution is -2.23. The fourth-order valence-corrected chi connectivity index (χ4v) is 4.18. The van der Waals surface area contributed by atoms with Crippen LogP contribution in [0.5, 0.6) is 0 Å². The molecule has 0 bridgehead atoms. The van der Waals surface area contributed by atoms with Crippen LogP contribution in [0.2, 0.25) is 0 Å². The molecule has 0 saturated carbocycles. The molecule has 17 heavy (non-hydrogen) atoms. The minimum atomic E-state index is -3.09. The highest BCUT2D eigenvalue weighted by molar-refractivity contribution is 7.91.